The van der Waals surface area contributed by atoms with Gasteiger partial charge in [-0.1, -0.05) is 11.6 Å². The molecular weight excluding hydrogens is 288 g/mol. The molecule has 0 aliphatic carbocycles. The number of nitrogens with zero attached hydrogens (tertiary/aromatic N) is 4. The predicted molar refractivity (Wildman–Crippen MR) is 85.3 cm³/mol. The highest BCUT2D eigenvalue weighted by Gasteiger charge is 2.07. The second-order valence-electron chi connectivity index (χ2n) is 4.71. The van der Waals surface area contributed by atoms with E-state index in [1.807, 2.05) is 36.9 Å². The fraction of sp³-hybridized carbons (Fsp3) is 0.214. The lowest BCUT2D eigenvalue weighted by Crippen LogP contribution is -2.01. The molecule has 0 unspecified atom stereocenters. The zero-order valence-electron chi connectivity index (χ0n) is 12.0. The third-order valence-corrected chi connectivity index (χ3v) is 3.64. The second kappa shape index (κ2) is 5.21. The Morgan fingerprint density at radius 1 is 1.29 bits per heavy atom. The van der Waals surface area contributed by atoms with Gasteiger partial charge in [0.1, 0.15) is 10.8 Å². The molecule has 0 fully saturated rings. The Labute approximate surface area is 127 Å². The Balaban J connectivity index is 1.94. The largest absolute Gasteiger partial charge is 0.372 e. The number of aromatic nitrogens is 4. The monoisotopic (exact) mass is 302 g/mol. The van der Waals surface area contributed by atoms with Crippen LogP contribution in [0.4, 0.5) is 17.5 Å². The summed E-state index contributed by atoms with van der Waals surface area (Å²) < 4.78 is 1.87. The second-order valence-corrected chi connectivity index (χ2v) is 5.11. The molecular formula is C14H15ClN6. The zero-order chi connectivity index (χ0) is 15.0. The van der Waals surface area contributed by atoms with Crippen molar-refractivity contribution in [2.45, 2.75) is 6.92 Å². The first-order valence-electron chi connectivity index (χ1n) is 6.49. The molecule has 21 heavy (non-hydrogen) atoms. The normalized spacial score (nSPS) is 10.9. The lowest BCUT2D eigenvalue weighted by Gasteiger charge is -2.07. The fourth-order valence-electron chi connectivity index (χ4n) is 2.14. The summed E-state index contributed by atoms with van der Waals surface area (Å²) in [6.45, 7) is 2.05. The van der Waals surface area contributed by atoms with Crippen molar-refractivity contribution in [2.24, 2.45) is 7.05 Å². The van der Waals surface area contributed by atoms with E-state index in [0.29, 0.717) is 16.8 Å². The molecule has 1 aromatic carbocycles. The van der Waals surface area contributed by atoms with Gasteiger partial charge in [-0.2, -0.15) is 10.1 Å². The number of hydrogen-bond acceptors (Lipinski definition) is 5. The van der Waals surface area contributed by atoms with Crippen LogP contribution in [0.25, 0.3) is 10.9 Å². The summed E-state index contributed by atoms with van der Waals surface area (Å²) in [5.74, 6) is 1.07. The van der Waals surface area contributed by atoms with Gasteiger partial charge in [0, 0.05) is 30.9 Å². The van der Waals surface area contributed by atoms with Gasteiger partial charge in [0.15, 0.2) is 0 Å². The third-order valence-electron chi connectivity index (χ3n) is 3.37. The van der Waals surface area contributed by atoms with Crippen LogP contribution in [0.1, 0.15) is 5.69 Å². The smallest absolute Gasteiger partial charge is 0.229 e. The van der Waals surface area contributed by atoms with E-state index >= 15 is 0 Å². The highest BCUT2D eigenvalue weighted by molar-refractivity contribution is 6.32. The fourth-order valence-corrected chi connectivity index (χ4v) is 2.33. The van der Waals surface area contributed by atoms with Crippen LogP contribution < -0.4 is 10.6 Å². The third kappa shape index (κ3) is 2.50. The summed E-state index contributed by atoms with van der Waals surface area (Å²) in [6.07, 6.45) is 1.56. The van der Waals surface area contributed by atoms with Gasteiger partial charge in [0.05, 0.1) is 11.7 Å². The maximum atomic E-state index is 5.97. The highest BCUT2D eigenvalue weighted by atomic mass is 35.5. The van der Waals surface area contributed by atoms with Gasteiger partial charge >= 0.3 is 0 Å². The minimum Gasteiger partial charge on any atom is -0.372 e. The molecule has 0 aliphatic rings. The predicted octanol–water partition coefficient (Wildman–Crippen LogP) is 3.11. The molecule has 7 heteroatoms. The van der Waals surface area contributed by atoms with Crippen molar-refractivity contribution in [1.29, 1.82) is 0 Å². The van der Waals surface area contributed by atoms with Crippen LogP contribution >= 0.6 is 11.6 Å². The number of rotatable bonds is 3. The Bertz CT molecular complexity index is 811. The highest BCUT2D eigenvalue weighted by Crippen LogP contribution is 2.24. The molecule has 0 atom stereocenters. The standard InChI is InChI=1S/C14H15ClN6/c1-8-10-5-4-9(6-12(10)20-21(8)3)18-14-17-7-11(15)13(16-2)19-14/h4-7H,1-3H3,(H2,16,17,18,19). The molecule has 108 valence electrons. The Morgan fingerprint density at radius 2 is 2.10 bits per heavy atom. The molecule has 0 radical (unpaired) electrons. The van der Waals surface area contributed by atoms with Gasteiger partial charge in [0.25, 0.3) is 0 Å². The van der Waals surface area contributed by atoms with Crippen molar-refractivity contribution in [1.82, 2.24) is 19.7 Å². The number of hydrogen-bond donors (Lipinski definition) is 2. The van der Waals surface area contributed by atoms with Gasteiger partial charge < -0.3 is 10.6 Å². The molecule has 0 amide bonds. The summed E-state index contributed by atoms with van der Waals surface area (Å²) in [6, 6.07) is 5.99. The SMILES string of the molecule is CNc1nc(Nc2ccc3c(C)n(C)nc3c2)ncc1Cl. The first kappa shape index (κ1) is 13.6. The number of aryl methyl sites for hydroxylation is 2. The van der Waals surface area contributed by atoms with Crippen molar-refractivity contribution in [3.05, 3.63) is 35.1 Å². The summed E-state index contributed by atoms with van der Waals surface area (Å²) in [7, 11) is 3.70. The first-order valence-corrected chi connectivity index (χ1v) is 6.87. The van der Waals surface area contributed by atoms with E-state index in [9.17, 15) is 0 Å². The number of anilines is 3. The van der Waals surface area contributed by atoms with Gasteiger partial charge in [-0.05, 0) is 25.1 Å². The zero-order valence-corrected chi connectivity index (χ0v) is 12.7. The molecule has 3 aromatic rings. The molecule has 0 aliphatic heterocycles. The molecule has 3 rings (SSSR count). The van der Waals surface area contributed by atoms with Crippen molar-refractivity contribution < 1.29 is 0 Å². The topological polar surface area (TPSA) is 67.7 Å². The summed E-state index contributed by atoms with van der Waals surface area (Å²) in [4.78, 5) is 8.46. The van der Waals surface area contributed by atoms with Crippen LogP contribution in [0.5, 0.6) is 0 Å². The maximum absolute atomic E-state index is 5.97. The average molecular weight is 303 g/mol. The van der Waals surface area contributed by atoms with Crippen molar-refractivity contribution in [3.63, 3.8) is 0 Å². The van der Waals surface area contributed by atoms with E-state index in [1.165, 1.54) is 0 Å². The van der Waals surface area contributed by atoms with Gasteiger partial charge in [-0.25, -0.2) is 4.98 Å². The average Bonchev–Trinajstić information content (AvgIpc) is 2.76. The van der Waals surface area contributed by atoms with E-state index in [4.69, 9.17) is 11.6 Å². The van der Waals surface area contributed by atoms with Crippen LogP contribution in [0.2, 0.25) is 5.02 Å². The molecule has 2 heterocycles. The number of halogens is 1. The first-order chi connectivity index (χ1) is 10.1. The summed E-state index contributed by atoms with van der Waals surface area (Å²) >= 11 is 5.97. The lowest BCUT2D eigenvalue weighted by molar-refractivity contribution is 0.751. The minimum atomic E-state index is 0.482. The number of fused-ring (bicyclic) bond motifs is 1. The molecule has 0 saturated carbocycles. The van der Waals surface area contributed by atoms with E-state index < -0.39 is 0 Å². The number of benzene rings is 1. The molecule has 0 spiro atoms. The van der Waals surface area contributed by atoms with Crippen LogP contribution in [0.3, 0.4) is 0 Å². The quantitative estimate of drug-likeness (QED) is 0.778. The van der Waals surface area contributed by atoms with E-state index in [-0.39, 0.29) is 0 Å². The summed E-state index contributed by atoms with van der Waals surface area (Å²) in [5, 5.41) is 12.2. The molecule has 0 saturated heterocycles. The van der Waals surface area contributed by atoms with Crippen molar-refractivity contribution in [2.75, 3.05) is 17.7 Å². The van der Waals surface area contributed by atoms with Gasteiger partial charge in [-0.15, -0.1) is 0 Å². The van der Waals surface area contributed by atoms with E-state index in [0.717, 1.165) is 22.3 Å². The Morgan fingerprint density at radius 3 is 2.86 bits per heavy atom. The summed E-state index contributed by atoms with van der Waals surface area (Å²) in [5.41, 5.74) is 2.95. The lowest BCUT2D eigenvalue weighted by atomic mass is 10.2. The molecule has 6 nitrogen and oxygen atoms in total. The molecule has 2 N–H and O–H groups in total. The molecule has 0 bridgehead atoms. The van der Waals surface area contributed by atoms with Crippen molar-refractivity contribution in [3.8, 4) is 0 Å². The van der Waals surface area contributed by atoms with Gasteiger partial charge in [-0.3, -0.25) is 4.68 Å². The van der Waals surface area contributed by atoms with E-state index in [1.54, 1.807) is 13.2 Å². The van der Waals surface area contributed by atoms with Crippen LogP contribution in [-0.2, 0) is 7.05 Å². The van der Waals surface area contributed by atoms with Gasteiger partial charge in [0.2, 0.25) is 5.95 Å². The minimum absolute atomic E-state index is 0.482. The Kier molecular flexibility index (Phi) is 3.39. The van der Waals surface area contributed by atoms with Crippen molar-refractivity contribution >= 4 is 40.0 Å². The van der Waals surface area contributed by atoms with E-state index in [2.05, 4.69) is 25.7 Å². The van der Waals surface area contributed by atoms with Crippen LogP contribution in [0, 0.1) is 6.92 Å². The van der Waals surface area contributed by atoms with Crippen LogP contribution in [0.15, 0.2) is 24.4 Å². The number of nitrogens with one attached hydrogen (secondary N) is 2. The Hall–Kier alpha value is -2.34. The maximum Gasteiger partial charge on any atom is 0.229 e. The molecule has 2 aromatic heterocycles. The van der Waals surface area contributed by atoms with Crippen LogP contribution in [-0.4, -0.2) is 26.8 Å².